The molecule has 0 aromatic rings. The van der Waals surface area contributed by atoms with Crippen LogP contribution in [-0.4, -0.2) is 35.7 Å². The van der Waals surface area contributed by atoms with Crippen LogP contribution in [0.3, 0.4) is 0 Å². The van der Waals surface area contributed by atoms with Crippen molar-refractivity contribution < 1.29 is 19.6 Å². The molecule has 0 spiro atoms. The number of hydrogen-bond donors (Lipinski definition) is 2. The van der Waals surface area contributed by atoms with Gasteiger partial charge in [-0.15, -0.1) is 4.74 Å². The monoisotopic (exact) mass is 220 g/mol. The Balaban J connectivity index is 4.22. The first kappa shape index (κ1) is 13.0. The quantitative estimate of drug-likeness (QED) is 0.625. The fourth-order valence-corrected chi connectivity index (χ4v) is 1.28. The van der Waals surface area contributed by atoms with Crippen LogP contribution in [0.4, 0.5) is 0 Å². The average molecular weight is 220 g/mol. The third-order valence-electron chi connectivity index (χ3n) is 1.44. The van der Waals surface area contributed by atoms with Crippen molar-refractivity contribution in [3.05, 3.63) is 0 Å². The van der Waals surface area contributed by atoms with Gasteiger partial charge in [0.05, 0.1) is 0 Å². The van der Waals surface area contributed by atoms with E-state index in [1.54, 1.807) is 0 Å². The Labute approximate surface area is 82.9 Å². The average Bonchev–Trinajstić information content (AvgIpc) is 2.02. The summed E-state index contributed by atoms with van der Waals surface area (Å²) < 4.78 is 3.59. The van der Waals surface area contributed by atoms with Crippen LogP contribution in [0.5, 0.6) is 0 Å². The molecule has 0 aromatic carbocycles. The fraction of sp³-hybridized carbons (Fsp3) is 0.714. The van der Waals surface area contributed by atoms with E-state index in [9.17, 15) is 14.5 Å². The lowest BCUT2D eigenvalue weighted by Gasteiger charge is -2.10. The summed E-state index contributed by atoms with van der Waals surface area (Å²) in [5.41, 5.74) is 0. The first-order valence-electron chi connectivity index (χ1n) is 3.99. The molecule has 14 heavy (non-hydrogen) atoms. The second-order valence-corrected chi connectivity index (χ2v) is 3.98. The van der Waals surface area contributed by atoms with Crippen LogP contribution in [0, 0.1) is 0 Å². The Bertz CT molecular complexity index is 262. The molecule has 80 valence electrons. The number of nitrogens with zero attached hydrogens (tertiary/aromatic N) is 1. The van der Waals surface area contributed by atoms with E-state index in [-0.39, 0.29) is 0 Å². The second-order valence-electron chi connectivity index (χ2n) is 2.82. The zero-order valence-corrected chi connectivity index (χ0v) is 9.12. The number of amides is 1. The molecule has 0 aliphatic rings. The highest BCUT2D eigenvalue weighted by Gasteiger charge is 2.19. The first-order valence-corrected chi connectivity index (χ1v) is 5.65. The van der Waals surface area contributed by atoms with Crippen molar-refractivity contribution in [3.63, 3.8) is 0 Å². The molecule has 1 unspecified atom stereocenters. The molecule has 0 fully saturated rings. The van der Waals surface area contributed by atoms with E-state index in [0.29, 0.717) is 0 Å². The van der Waals surface area contributed by atoms with Gasteiger partial charge in [-0.2, -0.15) is 0 Å². The molecule has 0 heterocycles. The standard InChI is InChI=1S/C7H13N2O4P/c1-4(9-14(3)13)6(10)8-5(2)7(11)12/h4-5H,1-3H3,(H,8,10)(H,11,12)/t4-,5-/m0/s1. The fourth-order valence-electron chi connectivity index (χ4n) is 0.692. The van der Waals surface area contributed by atoms with Gasteiger partial charge in [-0.1, -0.05) is 0 Å². The number of rotatable bonds is 4. The number of hydrogen-bond acceptors (Lipinski definition) is 4. The van der Waals surface area contributed by atoms with Crippen LogP contribution in [0.1, 0.15) is 13.8 Å². The Morgan fingerprint density at radius 2 is 2.00 bits per heavy atom. The van der Waals surface area contributed by atoms with Crippen LogP contribution < -0.4 is 10.2 Å². The number of carboxylic acids is 1. The van der Waals surface area contributed by atoms with Gasteiger partial charge in [0.25, 0.3) is 0 Å². The number of carboxylic acid groups (broad SMARTS) is 1. The highest BCUT2D eigenvalue weighted by atomic mass is 31.1. The smallest absolute Gasteiger partial charge is 0.325 e. The molecule has 3 atom stereocenters. The molecule has 7 heteroatoms. The maximum Gasteiger partial charge on any atom is 0.325 e. The van der Waals surface area contributed by atoms with Crippen LogP contribution >= 0.6 is 7.94 Å². The number of carbonyl (C=O) groups excluding carboxylic acids is 1. The number of aliphatic carboxylic acids is 1. The minimum Gasteiger partial charge on any atom is -0.612 e. The van der Waals surface area contributed by atoms with Crippen LogP contribution in [0.25, 0.3) is 0 Å². The summed E-state index contributed by atoms with van der Waals surface area (Å²) in [6.45, 7) is 4.18. The van der Waals surface area contributed by atoms with E-state index in [4.69, 9.17) is 5.11 Å². The van der Waals surface area contributed by atoms with Crippen molar-refractivity contribution in [2.75, 3.05) is 6.66 Å². The van der Waals surface area contributed by atoms with Crippen molar-refractivity contribution >= 4 is 19.8 Å². The summed E-state index contributed by atoms with van der Waals surface area (Å²) in [4.78, 5) is 32.2. The van der Waals surface area contributed by atoms with Gasteiger partial charge < -0.3 is 15.3 Å². The molecule has 0 aromatic heterocycles. The van der Waals surface area contributed by atoms with Crippen molar-refractivity contribution in [1.82, 2.24) is 5.32 Å². The lowest BCUT2D eigenvalue weighted by atomic mass is 10.3. The van der Waals surface area contributed by atoms with E-state index in [2.05, 4.69) is 10.1 Å². The van der Waals surface area contributed by atoms with Gasteiger partial charge in [0.2, 0.25) is 5.91 Å². The number of carbonyl (C=O) groups is 2. The maximum absolute atomic E-state index is 11.2. The zero-order valence-electron chi connectivity index (χ0n) is 8.22. The van der Waals surface area contributed by atoms with Crippen molar-refractivity contribution in [1.29, 1.82) is 0 Å². The van der Waals surface area contributed by atoms with E-state index >= 15 is 0 Å². The normalized spacial score (nSPS) is 15.9. The largest absolute Gasteiger partial charge is 0.612 e. The summed E-state index contributed by atoms with van der Waals surface area (Å²) in [6.07, 6.45) is 0. The van der Waals surface area contributed by atoms with Crippen molar-refractivity contribution in [3.8, 4) is 0 Å². The van der Waals surface area contributed by atoms with Gasteiger partial charge in [0.1, 0.15) is 12.7 Å². The molecule has 0 saturated heterocycles. The zero-order chi connectivity index (χ0) is 11.3. The molecule has 2 N–H and O–H groups in total. The highest BCUT2D eigenvalue weighted by molar-refractivity contribution is 7.38. The Morgan fingerprint density at radius 1 is 1.50 bits per heavy atom. The predicted molar refractivity (Wildman–Crippen MR) is 50.0 cm³/mol. The molecule has 0 bridgehead atoms. The Morgan fingerprint density at radius 3 is 2.36 bits per heavy atom. The summed E-state index contributed by atoms with van der Waals surface area (Å²) in [7, 11) is -1.75. The summed E-state index contributed by atoms with van der Waals surface area (Å²) in [5, 5.41) is 10.7. The van der Waals surface area contributed by atoms with Gasteiger partial charge in [0, 0.05) is 0 Å². The van der Waals surface area contributed by atoms with Crippen molar-refractivity contribution in [2.45, 2.75) is 25.9 Å². The molecule has 0 aliphatic carbocycles. The molecule has 1 amide bonds. The molecular weight excluding hydrogens is 207 g/mol. The van der Waals surface area contributed by atoms with Gasteiger partial charge in [-0.25, -0.2) is 0 Å². The summed E-state index contributed by atoms with van der Waals surface area (Å²) in [5.74, 6) is -1.66. The minimum atomic E-state index is -1.75. The number of nitrogens with one attached hydrogen (secondary N) is 1. The highest BCUT2D eigenvalue weighted by Crippen LogP contribution is 2.09. The summed E-state index contributed by atoms with van der Waals surface area (Å²) in [6, 6.07) is -1.75. The molecule has 0 saturated carbocycles. The summed E-state index contributed by atoms with van der Waals surface area (Å²) >= 11 is 0. The topological polar surface area (TPSA) is 102 Å². The van der Waals surface area contributed by atoms with Crippen molar-refractivity contribution in [2.24, 2.45) is 4.74 Å². The van der Waals surface area contributed by atoms with Gasteiger partial charge in [0.15, 0.2) is 14.0 Å². The van der Waals surface area contributed by atoms with Crippen LogP contribution in [0.15, 0.2) is 4.74 Å². The van der Waals surface area contributed by atoms with E-state index in [1.807, 2.05) is 0 Å². The molecule has 0 radical (unpaired) electrons. The molecular formula is C7H13N2O4P. The van der Waals surface area contributed by atoms with E-state index in [0.717, 1.165) is 0 Å². The van der Waals surface area contributed by atoms with E-state index in [1.165, 1.54) is 20.5 Å². The maximum atomic E-state index is 11.2. The SMILES string of the molecule is C[C@H](N=[P+](C)[O-])C(=O)N[C@@H](C)C(=O)O. The lowest BCUT2D eigenvalue weighted by Crippen LogP contribution is -2.42. The molecule has 0 aliphatic heterocycles. The van der Waals surface area contributed by atoms with Crippen LogP contribution in [0.2, 0.25) is 0 Å². The first-order chi connectivity index (χ1) is 6.34. The van der Waals surface area contributed by atoms with E-state index < -0.39 is 31.9 Å². The Hall–Kier alpha value is -1.00. The minimum absolute atomic E-state index is 0.537. The third-order valence-corrected chi connectivity index (χ3v) is 2.12. The van der Waals surface area contributed by atoms with Gasteiger partial charge in [-0.3, -0.25) is 9.59 Å². The Kier molecular flexibility index (Phi) is 5.27. The molecule has 0 rings (SSSR count). The predicted octanol–water partition coefficient (Wildman–Crippen LogP) is -0.465. The lowest BCUT2D eigenvalue weighted by molar-refractivity contribution is -0.154. The van der Waals surface area contributed by atoms with Gasteiger partial charge >= 0.3 is 5.97 Å². The molecule has 6 nitrogen and oxygen atoms in total. The van der Waals surface area contributed by atoms with Gasteiger partial charge in [-0.05, 0) is 13.8 Å². The second kappa shape index (κ2) is 5.67. The third kappa shape index (κ3) is 4.89. The van der Waals surface area contributed by atoms with Crippen LogP contribution in [-0.2, 0) is 9.59 Å².